The lowest BCUT2D eigenvalue weighted by Gasteiger charge is -2.23. The van der Waals surface area contributed by atoms with E-state index in [1.807, 2.05) is 32.8 Å². The Balaban J connectivity index is 3.46. The summed E-state index contributed by atoms with van der Waals surface area (Å²) >= 11 is 0. The summed E-state index contributed by atoms with van der Waals surface area (Å²) in [6.45, 7) is 3.99. The normalized spacial score (nSPS) is 17.4. The van der Waals surface area contributed by atoms with Gasteiger partial charge in [0.2, 0.25) is 0 Å². The molecule has 0 bridgehead atoms. The van der Waals surface area contributed by atoms with Crippen LogP contribution in [-0.4, -0.2) is 31.5 Å². The lowest BCUT2D eigenvalue weighted by Crippen LogP contribution is -2.35. The molecule has 0 aliphatic rings. The van der Waals surface area contributed by atoms with Gasteiger partial charge in [0.25, 0.3) is 0 Å². The smallest absolute Gasteiger partial charge is 0.109 e. The lowest BCUT2D eigenvalue weighted by molar-refractivity contribution is -0.0691. The summed E-state index contributed by atoms with van der Waals surface area (Å²) in [5.41, 5.74) is 5.56. The zero-order valence-electron chi connectivity index (χ0n) is 7.29. The molecule has 10 heavy (non-hydrogen) atoms. The highest BCUT2D eigenvalue weighted by atomic mass is 16.5. The van der Waals surface area contributed by atoms with Gasteiger partial charge in [0.15, 0.2) is 0 Å². The van der Waals surface area contributed by atoms with Gasteiger partial charge in [0.1, 0.15) is 12.5 Å². The van der Waals surface area contributed by atoms with Crippen LogP contribution in [0.5, 0.6) is 0 Å². The first kappa shape index (κ1) is 9.88. The molecule has 0 aromatic rings. The highest BCUT2D eigenvalue weighted by Crippen LogP contribution is 1.98. The average molecular weight is 146 g/mol. The minimum Gasteiger partial charge on any atom is -0.346 e. The van der Waals surface area contributed by atoms with Crippen LogP contribution in [0.15, 0.2) is 0 Å². The van der Waals surface area contributed by atoms with E-state index < -0.39 is 0 Å². The van der Waals surface area contributed by atoms with E-state index in [4.69, 9.17) is 10.5 Å². The van der Waals surface area contributed by atoms with Crippen molar-refractivity contribution >= 4 is 0 Å². The first-order chi connectivity index (χ1) is 4.57. The average Bonchev–Trinajstić information content (AvgIpc) is 1.87. The molecule has 2 N–H and O–H groups in total. The molecule has 0 aromatic carbocycles. The fourth-order valence-electron chi connectivity index (χ4n) is 0.471. The molecule has 0 saturated heterocycles. The van der Waals surface area contributed by atoms with Gasteiger partial charge in [-0.25, -0.2) is 0 Å². The summed E-state index contributed by atoms with van der Waals surface area (Å²) in [5, 5.41) is 0. The third-order valence-electron chi connectivity index (χ3n) is 1.50. The quantitative estimate of drug-likeness (QED) is 0.590. The van der Waals surface area contributed by atoms with Crippen molar-refractivity contribution in [1.82, 2.24) is 4.90 Å². The Bertz CT molecular complexity index is 85.7. The number of ether oxygens (including phenoxy) is 1. The van der Waals surface area contributed by atoms with Crippen LogP contribution in [-0.2, 0) is 4.74 Å². The summed E-state index contributed by atoms with van der Waals surface area (Å²) in [4.78, 5) is 1.98. The van der Waals surface area contributed by atoms with E-state index >= 15 is 0 Å². The van der Waals surface area contributed by atoms with Crippen LogP contribution in [0.25, 0.3) is 0 Å². The maximum Gasteiger partial charge on any atom is 0.109 e. The van der Waals surface area contributed by atoms with Gasteiger partial charge >= 0.3 is 0 Å². The minimum atomic E-state index is -0.127. The minimum absolute atomic E-state index is 0.106. The van der Waals surface area contributed by atoms with Crippen LogP contribution >= 0.6 is 0 Å². The van der Waals surface area contributed by atoms with Gasteiger partial charge in [-0.1, -0.05) is 6.92 Å². The van der Waals surface area contributed by atoms with Crippen LogP contribution in [0.4, 0.5) is 0 Å². The van der Waals surface area contributed by atoms with Crippen LogP contribution in [0.1, 0.15) is 20.3 Å². The molecule has 0 amide bonds. The highest BCUT2D eigenvalue weighted by Gasteiger charge is 2.07. The van der Waals surface area contributed by atoms with Crippen molar-refractivity contribution in [3.05, 3.63) is 0 Å². The number of nitrogens with zero attached hydrogens (tertiary/aromatic N) is 1. The van der Waals surface area contributed by atoms with Gasteiger partial charge in [0, 0.05) is 0 Å². The van der Waals surface area contributed by atoms with Gasteiger partial charge in [-0.05, 0) is 27.4 Å². The molecule has 2 atom stereocenters. The number of hydrogen-bond donors (Lipinski definition) is 1. The summed E-state index contributed by atoms with van der Waals surface area (Å²) < 4.78 is 5.36. The molecule has 0 aliphatic heterocycles. The van der Waals surface area contributed by atoms with E-state index in [1.54, 1.807) is 0 Å². The first-order valence-corrected chi connectivity index (χ1v) is 3.65. The van der Waals surface area contributed by atoms with Crippen molar-refractivity contribution in [2.75, 3.05) is 14.1 Å². The van der Waals surface area contributed by atoms with E-state index in [1.165, 1.54) is 0 Å². The SMILES string of the molecule is CCC(N)OC(C)N(C)C. The molecule has 0 aromatic heterocycles. The maximum atomic E-state index is 5.56. The number of hydrogen-bond acceptors (Lipinski definition) is 3. The molecule has 0 rings (SSSR count). The van der Waals surface area contributed by atoms with Crippen LogP contribution in [0.2, 0.25) is 0 Å². The summed E-state index contributed by atoms with van der Waals surface area (Å²) in [7, 11) is 3.93. The Hall–Kier alpha value is -0.120. The van der Waals surface area contributed by atoms with Gasteiger partial charge in [-0.15, -0.1) is 0 Å². The largest absolute Gasteiger partial charge is 0.346 e. The molecule has 0 radical (unpaired) electrons. The van der Waals surface area contributed by atoms with Gasteiger partial charge in [-0.2, -0.15) is 0 Å². The van der Waals surface area contributed by atoms with Gasteiger partial charge in [-0.3, -0.25) is 4.90 Å². The topological polar surface area (TPSA) is 38.5 Å². The van der Waals surface area contributed by atoms with Crippen LogP contribution in [0.3, 0.4) is 0 Å². The third kappa shape index (κ3) is 3.82. The van der Waals surface area contributed by atoms with E-state index in [9.17, 15) is 0 Å². The molecular formula is C7H18N2O. The Morgan fingerprint density at radius 3 is 2.30 bits per heavy atom. The van der Waals surface area contributed by atoms with Gasteiger partial charge < -0.3 is 10.5 Å². The fourth-order valence-corrected chi connectivity index (χ4v) is 0.471. The molecule has 62 valence electrons. The molecule has 3 nitrogen and oxygen atoms in total. The standard InChI is InChI=1S/C7H18N2O/c1-5-7(8)10-6(2)9(3)4/h6-7H,5,8H2,1-4H3. The molecule has 2 unspecified atom stereocenters. The number of rotatable bonds is 4. The van der Waals surface area contributed by atoms with E-state index in [0.717, 1.165) is 6.42 Å². The van der Waals surface area contributed by atoms with Crippen LogP contribution in [0, 0.1) is 0 Å². The molecule has 0 fully saturated rings. The summed E-state index contributed by atoms with van der Waals surface area (Å²) in [6.07, 6.45) is 0.838. The van der Waals surface area contributed by atoms with E-state index in [-0.39, 0.29) is 12.5 Å². The Morgan fingerprint density at radius 2 is 2.00 bits per heavy atom. The van der Waals surface area contributed by atoms with E-state index in [0.29, 0.717) is 0 Å². The Kier molecular flexibility index (Phi) is 4.60. The van der Waals surface area contributed by atoms with Crippen molar-refractivity contribution < 1.29 is 4.74 Å². The van der Waals surface area contributed by atoms with Gasteiger partial charge in [0.05, 0.1) is 0 Å². The maximum absolute atomic E-state index is 5.56. The molecular weight excluding hydrogens is 128 g/mol. The molecule has 0 saturated carbocycles. The van der Waals surface area contributed by atoms with Crippen LogP contribution < -0.4 is 5.73 Å². The third-order valence-corrected chi connectivity index (χ3v) is 1.50. The van der Waals surface area contributed by atoms with Crippen molar-refractivity contribution in [2.24, 2.45) is 5.73 Å². The lowest BCUT2D eigenvalue weighted by atomic mass is 10.4. The first-order valence-electron chi connectivity index (χ1n) is 3.65. The summed E-state index contributed by atoms with van der Waals surface area (Å²) in [6, 6.07) is 0. The second-order valence-electron chi connectivity index (χ2n) is 2.65. The Morgan fingerprint density at radius 1 is 1.50 bits per heavy atom. The molecule has 0 spiro atoms. The zero-order chi connectivity index (χ0) is 8.15. The molecule has 0 aliphatic carbocycles. The zero-order valence-corrected chi connectivity index (χ0v) is 7.29. The monoisotopic (exact) mass is 146 g/mol. The van der Waals surface area contributed by atoms with Crippen molar-refractivity contribution in [1.29, 1.82) is 0 Å². The predicted molar refractivity (Wildman–Crippen MR) is 42.5 cm³/mol. The van der Waals surface area contributed by atoms with Crippen molar-refractivity contribution in [3.63, 3.8) is 0 Å². The molecule has 0 heterocycles. The second-order valence-corrected chi connectivity index (χ2v) is 2.65. The van der Waals surface area contributed by atoms with E-state index in [2.05, 4.69) is 0 Å². The fraction of sp³-hybridized carbons (Fsp3) is 1.00. The number of nitrogens with two attached hydrogens (primary N) is 1. The predicted octanol–water partition coefficient (Wildman–Crippen LogP) is 0.605. The summed E-state index contributed by atoms with van der Waals surface area (Å²) in [5.74, 6) is 0. The second kappa shape index (κ2) is 4.66. The van der Waals surface area contributed by atoms with Crippen molar-refractivity contribution in [2.45, 2.75) is 32.7 Å². The Labute approximate surface area is 63.1 Å². The molecule has 3 heteroatoms. The van der Waals surface area contributed by atoms with Crippen molar-refractivity contribution in [3.8, 4) is 0 Å². The highest BCUT2D eigenvalue weighted by molar-refractivity contribution is 4.48.